The van der Waals surface area contributed by atoms with E-state index in [1.54, 1.807) is 0 Å². The lowest BCUT2D eigenvalue weighted by Gasteiger charge is -2.71. The number of rotatable bonds is 1. The van der Waals surface area contributed by atoms with Crippen LogP contribution >= 0.6 is 0 Å². The van der Waals surface area contributed by atoms with Crippen LogP contribution in [0, 0.1) is 5.92 Å². The molecule has 5 aliphatic rings. The summed E-state index contributed by atoms with van der Waals surface area (Å²) < 4.78 is 10.3. The third kappa shape index (κ3) is 1.28. The number of aliphatic imine (C=N–C) groups is 1. The van der Waals surface area contributed by atoms with E-state index in [1.165, 1.54) is 0 Å². The molecule has 9 atom stereocenters. The Morgan fingerprint density at radius 3 is 2.45 bits per heavy atom. The van der Waals surface area contributed by atoms with E-state index in [4.69, 9.17) is 15.2 Å². The normalized spacial score (nSPS) is 62.4. The molecule has 1 saturated carbocycles. The van der Waals surface area contributed by atoms with Crippen molar-refractivity contribution >= 4 is 5.96 Å². The number of nitrogens with two attached hydrogens (primary N) is 1. The average Bonchev–Trinajstić information content (AvgIpc) is 2.45. The first-order valence-corrected chi connectivity index (χ1v) is 6.77. The third-order valence-corrected chi connectivity index (χ3v) is 5.22. The summed E-state index contributed by atoms with van der Waals surface area (Å²) in [6, 6.07) is 0. The maximum absolute atomic E-state index is 10.6. The highest BCUT2D eigenvalue weighted by molar-refractivity contribution is 5.80. The summed E-state index contributed by atoms with van der Waals surface area (Å²) in [5, 5.41) is 64.3. The molecule has 9 N–H and O–H groups in total. The van der Waals surface area contributed by atoms with Gasteiger partial charge in [0.2, 0.25) is 0 Å². The van der Waals surface area contributed by atoms with Crippen LogP contribution in [0.1, 0.15) is 0 Å². The van der Waals surface area contributed by atoms with Gasteiger partial charge in [-0.1, -0.05) is 0 Å². The molecule has 11 heteroatoms. The van der Waals surface area contributed by atoms with Crippen LogP contribution in [0.2, 0.25) is 0 Å². The van der Waals surface area contributed by atoms with Gasteiger partial charge in [-0.3, -0.25) is 0 Å². The van der Waals surface area contributed by atoms with Crippen LogP contribution in [0.15, 0.2) is 4.99 Å². The van der Waals surface area contributed by atoms with E-state index in [0.29, 0.717) is 0 Å². The second-order valence-corrected chi connectivity index (χ2v) is 6.22. The Morgan fingerprint density at radius 1 is 1.18 bits per heavy atom. The van der Waals surface area contributed by atoms with Gasteiger partial charge in [-0.15, -0.1) is 0 Å². The molecule has 4 fully saturated rings. The molecular weight excluding hydrogens is 302 g/mol. The van der Waals surface area contributed by atoms with Crippen molar-refractivity contribution in [2.24, 2.45) is 16.6 Å². The predicted octanol–water partition coefficient (Wildman–Crippen LogP) is -5.52. The number of hydrogen-bond acceptors (Lipinski definition) is 11. The number of hydrogen-bond donors (Lipinski definition) is 8. The maximum atomic E-state index is 10.6. The Bertz CT molecular complexity index is 561. The molecular formula is C11H17N3O8. The van der Waals surface area contributed by atoms with Crippen molar-refractivity contribution in [1.29, 1.82) is 0 Å². The monoisotopic (exact) mass is 319 g/mol. The molecule has 5 rings (SSSR count). The molecule has 1 spiro atoms. The fourth-order valence-electron chi connectivity index (χ4n) is 4.24. The first-order chi connectivity index (χ1) is 10.2. The minimum Gasteiger partial charge on any atom is -0.393 e. The number of aliphatic hydroxyl groups is 6. The molecule has 0 aromatic carbocycles. The van der Waals surface area contributed by atoms with E-state index >= 15 is 0 Å². The van der Waals surface area contributed by atoms with Gasteiger partial charge in [0.25, 0.3) is 0 Å². The van der Waals surface area contributed by atoms with E-state index < -0.39 is 60.3 Å². The molecule has 4 heterocycles. The zero-order valence-electron chi connectivity index (χ0n) is 11.2. The zero-order chi connectivity index (χ0) is 16.1. The van der Waals surface area contributed by atoms with Gasteiger partial charge in [-0.2, -0.15) is 0 Å². The van der Waals surface area contributed by atoms with Crippen molar-refractivity contribution in [3.63, 3.8) is 0 Å². The predicted molar refractivity (Wildman–Crippen MR) is 65.7 cm³/mol. The highest BCUT2D eigenvalue weighted by Gasteiger charge is 2.82. The summed E-state index contributed by atoms with van der Waals surface area (Å²) >= 11 is 0. The second kappa shape index (κ2) is 3.88. The van der Waals surface area contributed by atoms with Crippen molar-refractivity contribution in [3.8, 4) is 0 Å². The summed E-state index contributed by atoms with van der Waals surface area (Å²) in [7, 11) is 0. The lowest BCUT2D eigenvalue weighted by atomic mass is 9.55. The molecule has 0 aromatic heterocycles. The number of nitrogens with one attached hydrogen (secondary N) is 1. The van der Waals surface area contributed by atoms with E-state index in [1.807, 2.05) is 0 Å². The molecule has 0 radical (unpaired) electrons. The van der Waals surface area contributed by atoms with Crippen LogP contribution in [-0.2, 0) is 9.47 Å². The van der Waals surface area contributed by atoms with Crippen molar-refractivity contribution < 1.29 is 40.1 Å². The topological polar surface area (TPSA) is 190 Å². The van der Waals surface area contributed by atoms with E-state index in [0.717, 1.165) is 0 Å². The molecule has 0 aromatic rings. The molecule has 1 aliphatic carbocycles. The highest BCUT2D eigenvalue weighted by atomic mass is 16.9. The Balaban J connectivity index is 1.95. The molecule has 3 saturated heterocycles. The van der Waals surface area contributed by atoms with Crippen molar-refractivity contribution in [2.45, 2.75) is 47.8 Å². The largest absolute Gasteiger partial charge is 0.393 e. The lowest BCUT2D eigenvalue weighted by molar-refractivity contribution is -0.548. The summed E-state index contributed by atoms with van der Waals surface area (Å²) in [5.41, 5.74) is 1.74. The van der Waals surface area contributed by atoms with Gasteiger partial charge < -0.3 is 51.2 Å². The van der Waals surface area contributed by atoms with E-state index in [2.05, 4.69) is 10.3 Å². The number of guanidine groups is 1. The Hall–Kier alpha value is -1.05. The first kappa shape index (κ1) is 14.5. The van der Waals surface area contributed by atoms with Crippen LogP contribution in [-0.4, -0.2) is 91.0 Å². The summed E-state index contributed by atoms with van der Waals surface area (Å²) in [5.74, 6) is -3.95. The van der Waals surface area contributed by atoms with Gasteiger partial charge in [0.05, 0.1) is 12.5 Å². The molecule has 22 heavy (non-hydrogen) atoms. The van der Waals surface area contributed by atoms with Gasteiger partial charge in [0.1, 0.15) is 29.5 Å². The zero-order valence-corrected chi connectivity index (χ0v) is 11.2. The molecule has 0 amide bonds. The fraction of sp³-hybridized carbons (Fsp3) is 0.909. The number of aliphatic hydroxyl groups excluding tert-OH is 4. The minimum atomic E-state index is -2.52. The van der Waals surface area contributed by atoms with Crippen LogP contribution in [0.3, 0.4) is 0 Å². The molecule has 0 unspecified atom stereocenters. The summed E-state index contributed by atoms with van der Waals surface area (Å²) in [6.45, 7) is -0.857. The summed E-state index contributed by atoms with van der Waals surface area (Å²) in [6.07, 6.45) is -7.77. The van der Waals surface area contributed by atoms with Gasteiger partial charge in [0, 0.05) is 0 Å². The van der Waals surface area contributed by atoms with Crippen molar-refractivity contribution in [1.82, 2.24) is 5.32 Å². The quantitative estimate of drug-likeness (QED) is 0.231. The molecule has 124 valence electrons. The first-order valence-electron chi connectivity index (χ1n) is 6.77. The number of ether oxygens (including phenoxy) is 2. The van der Waals surface area contributed by atoms with E-state index in [-0.39, 0.29) is 5.96 Å². The van der Waals surface area contributed by atoms with Crippen molar-refractivity contribution in [3.05, 3.63) is 0 Å². The minimum absolute atomic E-state index is 0.250. The highest BCUT2D eigenvalue weighted by Crippen LogP contribution is 2.58. The Kier molecular flexibility index (Phi) is 2.57. The smallest absolute Gasteiger partial charge is 0.311 e. The van der Waals surface area contributed by atoms with Crippen LogP contribution in [0.5, 0.6) is 0 Å². The van der Waals surface area contributed by atoms with E-state index in [9.17, 15) is 30.6 Å². The van der Waals surface area contributed by atoms with Gasteiger partial charge in [-0.25, -0.2) is 4.99 Å². The third-order valence-electron chi connectivity index (χ3n) is 5.22. The standard InChI is InChI=1S/C11H17N3O8/c12-8-13-6(17)2-4-9(19,1-15)5-3(16)10(2,14-8)7(18)11(20,21-4)22-5/h2-7,15-20H,1H2,(H3,12,13,14)/t2-,3+,4+,5-,6+,7-,9-,10+,11+/m0/s1. The Labute approximate surface area is 123 Å². The second-order valence-electron chi connectivity index (χ2n) is 6.22. The lowest BCUT2D eigenvalue weighted by Crippen LogP contribution is -2.95. The van der Waals surface area contributed by atoms with Crippen LogP contribution < -0.4 is 11.1 Å². The average molecular weight is 319 g/mol. The van der Waals surface area contributed by atoms with Crippen LogP contribution in [0.25, 0.3) is 0 Å². The van der Waals surface area contributed by atoms with Gasteiger partial charge in [0.15, 0.2) is 18.3 Å². The number of nitrogens with zero attached hydrogens (tertiary/aromatic N) is 1. The molecule has 4 aliphatic heterocycles. The fourth-order valence-corrected chi connectivity index (χ4v) is 4.24. The maximum Gasteiger partial charge on any atom is 0.311 e. The van der Waals surface area contributed by atoms with Crippen LogP contribution in [0.4, 0.5) is 0 Å². The molecule has 4 bridgehead atoms. The SMILES string of the molecule is NC1=N[C@H](O)[C@@H]2[C@H]3O[C@@]4(O)O[C@@H]([C@@H](O)[C@@]2(N1)[C@@H]4O)[C@]3(O)CO. The van der Waals surface area contributed by atoms with Gasteiger partial charge >= 0.3 is 5.97 Å². The Morgan fingerprint density at radius 2 is 1.82 bits per heavy atom. The van der Waals surface area contributed by atoms with Gasteiger partial charge in [-0.05, 0) is 0 Å². The summed E-state index contributed by atoms with van der Waals surface area (Å²) in [4.78, 5) is 3.70. The van der Waals surface area contributed by atoms with Crippen molar-refractivity contribution in [2.75, 3.05) is 6.61 Å². The molecule has 11 nitrogen and oxygen atoms in total.